The highest BCUT2D eigenvalue weighted by Gasteiger charge is 2.29. The quantitative estimate of drug-likeness (QED) is 0.781. The van der Waals surface area contributed by atoms with Crippen molar-refractivity contribution in [3.05, 3.63) is 0 Å². The highest BCUT2D eigenvalue weighted by molar-refractivity contribution is 4.83. The van der Waals surface area contributed by atoms with Crippen LogP contribution in [0.4, 0.5) is 0 Å². The van der Waals surface area contributed by atoms with Gasteiger partial charge in [-0.05, 0) is 70.4 Å². The van der Waals surface area contributed by atoms with Gasteiger partial charge < -0.3 is 10.0 Å². The van der Waals surface area contributed by atoms with Crippen LogP contribution in [0.1, 0.15) is 52.4 Å². The van der Waals surface area contributed by atoms with E-state index < -0.39 is 0 Å². The number of hydrogen-bond donors (Lipinski definition) is 1. The smallest absolute Gasteiger partial charge is 0.0540 e. The molecule has 0 bridgehead atoms. The molecule has 94 valence electrons. The SMILES string of the molecule is CC1CCN(C2CCC(C(C)O)CC2)CC1. The molecular weight excluding hydrogens is 198 g/mol. The Morgan fingerprint density at radius 1 is 1.00 bits per heavy atom. The molecule has 2 aliphatic rings. The Balaban J connectivity index is 1.76. The maximum atomic E-state index is 9.59. The molecule has 0 amide bonds. The number of likely N-dealkylation sites (tertiary alicyclic amines) is 1. The third-order valence-electron chi connectivity index (χ3n) is 4.76. The fraction of sp³-hybridized carbons (Fsp3) is 1.00. The van der Waals surface area contributed by atoms with Crippen molar-refractivity contribution in [3.8, 4) is 0 Å². The van der Waals surface area contributed by atoms with E-state index in [4.69, 9.17) is 0 Å². The standard InChI is InChI=1S/C14H27NO/c1-11-7-9-15(10-8-11)14-5-3-13(4-6-14)12(2)16/h11-14,16H,3-10H2,1-2H3. The molecule has 1 unspecified atom stereocenters. The summed E-state index contributed by atoms with van der Waals surface area (Å²) in [6.07, 6.45) is 7.76. The van der Waals surface area contributed by atoms with E-state index in [0.717, 1.165) is 12.0 Å². The maximum Gasteiger partial charge on any atom is 0.0540 e. The van der Waals surface area contributed by atoms with Gasteiger partial charge in [0.05, 0.1) is 6.10 Å². The van der Waals surface area contributed by atoms with Gasteiger partial charge in [-0.25, -0.2) is 0 Å². The van der Waals surface area contributed by atoms with E-state index in [2.05, 4.69) is 11.8 Å². The highest BCUT2D eigenvalue weighted by Crippen LogP contribution is 2.31. The van der Waals surface area contributed by atoms with Gasteiger partial charge in [0.25, 0.3) is 0 Å². The summed E-state index contributed by atoms with van der Waals surface area (Å²) in [5.41, 5.74) is 0. The largest absolute Gasteiger partial charge is 0.393 e. The van der Waals surface area contributed by atoms with Crippen molar-refractivity contribution in [1.29, 1.82) is 0 Å². The Bertz CT molecular complexity index is 201. The zero-order chi connectivity index (χ0) is 11.5. The lowest BCUT2D eigenvalue weighted by Crippen LogP contribution is -2.43. The average Bonchev–Trinajstić information content (AvgIpc) is 2.30. The molecule has 2 heteroatoms. The van der Waals surface area contributed by atoms with Gasteiger partial charge in [0.15, 0.2) is 0 Å². The fourth-order valence-corrected chi connectivity index (χ4v) is 3.34. The number of hydrogen-bond acceptors (Lipinski definition) is 2. The Morgan fingerprint density at radius 2 is 1.56 bits per heavy atom. The molecule has 1 aliphatic carbocycles. The van der Waals surface area contributed by atoms with E-state index in [9.17, 15) is 5.11 Å². The summed E-state index contributed by atoms with van der Waals surface area (Å²) in [7, 11) is 0. The van der Waals surface area contributed by atoms with E-state index in [-0.39, 0.29) is 6.10 Å². The van der Waals surface area contributed by atoms with Gasteiger partial charge >= 0.3 is 0 Å². The third-order valence-corrected chi connectivity index (χ3v) is 4.76. The first kappa shape index (κ1) is 12.4. The lowest BCUT2D eigenvalue weighted by Gasteiger charge is -2.40. The summed E-state index contributed by atoms with van der Waals surface area (Å²) < 4.78 is 0. The van der Waals surface area contributed by atoms with Crippen LogP contribution in [0.3, 0.4) is 0 Å². The topological polar surface area (TPSA) is 23.5 Å². The molecule has 2 nitrogen and oxygen atoms in total. The lowest BCUT2D eigenvalue weighted by atomic mass is 9.82. The Morgan fingerprint density at radius 3 is 2.06 bits per heavy atom. The molecule has 2 fully saturated rings. The van der Waals surface area contributed by atoms with Gasteiger partial charge in [-0.2, -0.15) is 0 Å². The van der Waals surface area contributed by atoms with E-state index in [1.54, 1.807) is 0 Å². The van der Waals surface area contributed by atoms with Crippen LogP contribution < -0.4 is 0 Å². The van der Waals surface area contributed by atoms with Gasteiger partial charge in [-0.1, -0.05) is 6.92 Å². The summed E-state index contributed by atoms with van der Waals surface area (Å²) >= 11 is 0. The zero-order valence-electron chi connectivity index (χ0n) is 10.9. The number of nitrogens with zero attached hydrogens (tertiary/aromatic N) is 1. The third kappa shape index (κ3) is 2.98. The molecule has 1 saturated carbocycles. The number of aliphatic hydroxyl groups excluding tert-OH is 1. The fourth-order valence-electron chi connectivity index (χ4n) is 3.34. The minimum Gasteiger partial charge on any atom is -0.393 e. The van der Waals surface area contributed by atoms with Crippen LogP contribution in [0.5, 0.6) is 0 Å². The molecule has 0 spiro atoms. The van der Waals surface area contributed by atoms with Gasteiger partial charge in [-0.15, -0.1) is 0 Å². The van der Waals surface area contributed by atoms with Crippen molar-refractivity contribution in [2.75, 3.05) is 13.1 Å². The van der Waals surface area contributed by atoms with Crippen LogP contribution in [0, 0.1) is 11.8 Å². The van der Waals surface area contributed by atoms with Gasteiger partial charge in [-0.3, -0.25) is 0 Å². The molecule has 0 radical (unpaired) electrons. The second kappa shape index (κ2) is 5.50. The van der Waals surface area contributed by atoms with E-state index >= 15 is 0 Å². The monoisotopic (exact) mass is 225 g/mol. The molecule has 2 rings (SSSR count). The minimum absolute atomic E-state index is 0.0951. The molecule has 1 atom stereocenters. The van der Waals surface area contributed by atoms with Crippen LogP contribution >= 0.6 is 0 Å². The summed E-state index contributed by atoms with van der Waals surface area (Å²) in [5.74, 6) is 1.50. The minimum atomic E-state index is -0.0951. The molecule has 1 heterocycles. The molecule has 0 aromatic rings. The number of rotatable bonds is 2. The van der Waals surface area contributed by atoms with E-state index in [0.29, 0.717) is 5.92 Å². The number of piperidine rings is 1. The summed E-state index contributed by atoms with van der Waals surface area (Å²) in [4.78, 5) is 2.71. The molecule has 0 aromatic heterocycles. The van der Waals surface area contributed by atoms with Gasteiger partial charge in [0.2, 0.25) is 0 Å². The van der Waals surface area contributed by atoms with Crippen LogP contribution in [0.15, 0.2) is 0 Å². The predicted octanol–water partition coefficient (Wildman–Crippen LogP) is 2.66. The molecule has 1 N–H and O–H groups in total. The van der Waals surface area contributed by atoms with E-state index in [1.165, 1.54) is 51.6 Å². The summed E-state index contributed by atoms with van der Waals surface area (Å²) in [5, 5.41) is 9.59. The Labute approximate surface area is 100 Å². The average molecular weight is 225 g/mol. The first-order chi connectivity index (χ1) is 7.66. The van der Waals surface area contributed by atoms with Gasteiger partial charge in [0, 0.05) is 6.04 Å². The van der Waals surface area contributed by atoms with Crippen molar-refractivity contribution in [2.24, 2.45) is 11.8 Å². The molecule has 0 aromatic carbocycles. The predicted molar refractivity (Wildman–Crippen MR) is 67.4 cm³/mol. The normalized spacial score (nSPS) is 36.2. The molecule has 1 aliphatic heterocycles. The van der Waals surface area contributed by atoms with Crippen LogP contribution in [0.25, 0.3) is 0 Å². The Kier molecular flexibility index (Phi) is 4.26. The second-order valence-electron chi connectivity index (χ2n) is 6.03. The summed E-state index contributed by atoms with van der Waals surface area (Å²) in [6, 6.07) is 0.822. The van der Waals surface area contributed by atoms with E-state index in [1.807, 2.05) is 6.92 Å². The molecule has 1 saturated heterocycles. The van der Waals surface area contributed by atoms with Crippen LogP contribution in [-0.2, 0) is 0 Å². The van der Waals surface area contributed by atoms with Crippen molar-refractivity contribution in [1.82, 2.24) is 4.90 Å². The van der Waals surface area contributed by atoms with Gasteiger partial charge in [0.1, 0.15) is 0 Å². The maximum absolute atomic E-state index is 9.59. The highest BCUT2D eigenvalue weighted by atomic mass is 16.3. The first-order valence-electron chi connectivity index (χ1n) is 7.09. The Hall–Kier alpha value is -0.0800. The van der Waals surface area contributed by atoms with Crippen molar-refractivity contribution >= 4 is 0 Å². The lowest BCUT2D eigenvalue weighted by molar-refractivity contribution is 0.0542. The summed E-state index contributed by atoms with van der Waals surface area (Å²) in [6.45, 7) is 6.95. The van der Waals surface area contributed by atoms with Crippen molar-refractivity contribution in [2.45, 2.75) is 64.5 Å². The molecule has 16 heavy (non-hydrogen) atoms. The number of aliphatic hydroxyl groups is 1. The van der Waals surface area contributed by atoms with Crippen LogP contribution in [0.2, 0.25) is 0 Å². The molecular formula is C14H27NO. The van der Waals surface area contributed by atoms with Crippen molar-refractivity contribution in [3.63, 3.8) is 0 Å². The second-order valence-corrected chi connectivity index (χ2v) is 6.03. The van der Waals surface area contributed by atoms with Crippen LogP contribution in [-0.4, -0.2) is 35.2 Å². The zero-order valence-corrected chi connectivity index (χ0v) is 10.9. The van der Waals surface area contributed by atoms with Crippen molar-refractivity contribution < 1.29 is 5.11 Å². The first-order valence-corrected chi connectivity index (χ1v) is 7.09.